The molecule has 0 bridgehead atoms. The van der Waals surface area contributed by atoms with Crippen LogP contribution in [0.25, 0.3) is 11.3 Å². The van der Waals surface area contributed by atoms with Gasteiger partial charge in [0.1, 0.15) is 5.01 Å². The first-order chi connectivity index (χ1) is 8.43. The van der Waals surface area contributed by atoms with Gasteiger partial charge < -0.3 is 10.1 Å². The highest BCUT2D eigenvalue weighted by Crippen LogP contribution is 2.26. The molecule has 1 unspecified atom stereocenters. The summed E-state index contributed by atoms with van der Waals surface area (Å²) >= 11 is 1.70. The van der Waals surface area contributed by atoms with Gasteiger partial charge in [0.05, 0.1) is 24.9 Å². The third kappa shape index (κ3) is 2.90. The van der Waals surface area contributed by atoms with E-state index in [0.29, 0.717) is 0 Å². The Morgan fingerprint density at radius 2 is 2.11 bits per heavy atom. The van der Waals surface area contributed by atoms with Crippen LogP contribution < -0.4 is 5.32 Å². The number of nitrogens with one attached hydrogen (secondary N) is 1. The molecular weight excluding hydrogens is 268 g/mol. The van der Waals surface area contributed by atoms with Crippen LogP contribution in [-0.4, -0.2) is 24.7 Å². The number of nitrogens with zero attached hydrogens (tertiary/aromatic N) is 1. The van der Waals surface area contributed by atoms with E-state index in [0.717, 1.165) is 30.5 Å². The van der Waals surface area contributed by atoms with Gasteiger partial charge in [-0.1, -0.05) is 30.3 Å². The largest absolute Gasteiger partial charge is 0.378 e. The van der Waals surface area contributed by atoms with Gasteiger partial charge in [-0.3, -0.25) is 0 Å². The Morgan fingerprint density at radius 3 is 2.83 bits per heavy atom. The lowest BCUT2D eigenvalue weighted by atomic mass is 10.2. The van der Waals surface area contributed by atoms with Crippen molar-refractivity contribution in [2.75, 3.05) is 19.8 Å². The molecule has 1 N–H and O–H groups in total. The molecule has 18 heavy (non-hydrogen) atoms. The summed E-state index contributed by atoms with van der Waals surface area (Å²) in [6.07, 6.45) is 0. The average molecular weight is 283 g/mol. The Balaban J connectivity index is 0.00000120. The van der Waals surface area contributed by atoms with E-state index in [1.54, 1.807) is 11.3 Å². The third-order valence-corrected chi connectivity index (χ3v) is 3.77. The number of aromatic nitrogens is 1. The number of thiazole rings is 1. The molecule has 5 heteroatoms. The monoisotopic (exact) mass is 282 g/mol. The second-order valence-corrected chi connectivity index (χ2v) is 4.91. The molecule has 0 aliphatic carbocycles. The van der Waals surface area contributed by atoms with E-state index >= 15 is 0 Å². The lowest BCUT2D eigenvalue weighted by Gasteiger charge is -2.21. The van der Waals surface area contributed by atoms with Crippen LogP contribution in [0.3, 0.4) is 0 Å². The Hall–Kier alpha value is -0.940. The highest BCUT2D eigenvalue weighted by molar-refractivity contribution is 7.10. The fraction of sp³-hybridized carbons (Fsp3) is 0.308. The van der Waals surface area contributed by atoms with Crippen molar-refractivity contribution in [3.05, 3.63) is 40.7 Å². The number of benzene rings is 1. The predicted octanol–water partition coefficient (Wildman–Crippen LogP) is 2.89. The van der Waals surface area contributed by atoms with Crippen molar-refractivity contribution in [3.8, 4) is 11.3 Å². The summed E-state index contributed by atoms with van der Waals surface area (Å²) in [6, 6.07) is 10.5. The first-order valence-electron chi connectivity index (χ1n) is 5.75. The standard InChI is InChI=1S/C13H14N2OS.ClH/c1-2-4-10(5-3-1)12-9-17-13(15-12)11-8-16-7-6-14-11;/h1-5,9,11,14H,6-8H2;1H. The smallest absolute Gasteiger partial charge is 0.113 e. The second kappa shape index (κ2) is 6.29. The fourth-order valence-electron chi connectivity index (χ4n) is 1.91. The van der Waals surface area contributed by atoms with Crippen molar-refractivity contribution >= 4 is 23.7 Å². The number of hydrogen-bond donors (Lipinski definition) is 1. The molecule has 3 nitrogen and oxygen atoms in total. The summed E-state index contributed by atoms with van der Waals surface area (Å²) in [5.74, 6) is 0. The Morgan fingerprint density at radius 1 is 1.28 bits per heavy atom. The van der Waals surface area contributed by atoms with Crippen LogP contribution in [0.15, 0.2) is 35.7 Å². The second-order valence-electron chi connectivity index (χ2n) is 4.02. The molecule has 1 saturated heterocycles. The van der Waals surface area contributed by atoms with E-state index < -0.39 is 0 Å². The first-order valence-corrected chi connectivity index (χ1v) is 6.63. The zero-order chi connectivity index (χ0) is 11.5. The van der Waals surface area contributed by atoms with Gasteiger partial charge >= 0.3 is 0 Å². The maximum atomic E-state index is 5.46. The van der Waals surface area contributed by atoms with Crippen molar-refractivity contribution < 1.29 is 4.74 Å². The van der Waals surface area contributed by atoms with Gasteiger partial charge in [-0.25, -0.2) is 4.98 Å². The summed E-state index contributed by atoms with van der Waals surface area (Å²) in [4.78, 5) is 4.68. The van der Waals surface area contributed by atoms with E-state index in [1.807, 2.05) is 18.2 Å². The minimum absolute atomic E-state index is 0. The molecular formula is C13H15ClN2OS. The number of hydrogen-bond acceptors (Lipinski definition) is 4. The Labute approximate surface area is 117 Å². The lowest BCUT2D eigenvalue weighted by molar-refractivity contribution is 0.0768. The van der Waals surface area contributed by atoms with E-state index in [1.165, 1.54) is 5.56 Å². The molecule has 0 radical (unpaired) electrons. The minimum Gasteiger partial charge on any atom is -0.378 e. The quantitative estimate of drug-likeness (QED) is 0.920. The average Bonchev–Trinajstić information content (AvgIpc) is 2.90. The van der Waals surface area contributed by atoms with Gasteiger partial charge in [0.2, 0.25) is 0 Å². The topological polar surface area (TPSA) is 34.1 Å². The molecule has 1 atom stereocenters. The van der Waals surface area contributed by atoms with Gasteiger partial charge in [0, 0.05) is 17.5 Å². The van der Waals surface area contributed by atoms with E-state index in [9.17, 15) is 0 Å². The van der Waals surface area contributed by atoms with Crippen LogP contribution in [0, 0.1) is 0 Å². The van der Waals surface area contributed by atoms with E-state index in [-0.39, 0.29) is 18.4 Å². The van der Waals surface area contributed by atoms with Crippen LogP contribution in [0.5, 0.6) is 0 Å². The number of halogens is 1. The highest BCUT2D eigenvalue weighted by atomic mass is 35.5. The number of rotatable bonds is 2. The molecule has 1 aliphatic heterocycles. The molecule has 2 aromatic rings. The summed E-state index contributed by atoms with van der Waals surface area (Å²) in [6.45, 7) is 2.43. The van der Waals surface area contributed by atoms with Crippen LogP contribution in [0.4, 0.5) is 0 Å². The molecule has 0 amide bonds. The Bertz CT molecular complexity index is 483. The van der Waals surface area contributed by atoms with Gasteiger partial charge in [0.25, 0.3) is 0 Å². The first kappa shape index (κ1) is 13.5. The van der Waals surface area contributed by atoms with Crippen LogP contribution >= 0.6 is 23.7 Å². The molecule has 1 aliphatic rings. The van der Waals surface area contributed by atoms with E-state index in [4.69, 9.17) is 4.74 Å². The Kier molecular flexibility index (Phi) is 4.72. The zero-order valence-electron chi connectivity index (χ0n) is 9.83. The van der Waals surface area contributed by atoms with Crippen LogP contribution in [0.2, 0.25) is 0 Å². The predicted molar refractivity (Wildman–Crippen MR) is 76.4 cm³/mol. The normalized spacial score (nSPS) is 19.2. The summed E-state index contributed by atoms with van der Waals surface area (Å²) in [5.41, 5.74) is 2.23. The molecule has 1 fully saturated rings. The minimum atomic E-state index is 0. The van der Waals surface area contributed by atoms with Crippen LogP contribution in [-0.2, 0) is 4.74 Å². The number of ether oxygens (including phenoxy) is 1. The van der Waals surface area contributed by atoms with Crippen LogP contribution in [0.1, 0.15) is 11.0 Å². The van der Waals surface area contributed by atoms with Gasteiger partial charge in [-0.05, 0) is 0 Å². The SMILES string of the molecule is Cl.c1ccc(-c2csc(C3COCCN3)n2)cc1. The van der Waals surface area contributed by atoms with Crippen molar-refractivity contribution in [1.82, 2.24) is 10.3 Å². The molecule has 1 aromatic heterocycles. The summed E-state index contributed by atoms with van der Waals surface area (Å²) < 4.78 is 5.46. The molecule has 0 saturated carbocycles. The number of morpholine rings is 1. The van der Waals surface area contributed by atoms with Gasteiger partial charge in [-0.2, -0.15) is 0 Å². The van der Waals surface area contributed by atoms with E-state index in [2.05, 4.69) is 27.8 Å². The third-order valence-electron chi connectivity index (χ3n) is 2.81. The molecule has 1 aromatic carbocycles. The van der Waals surface area contributed by atoms with Crippen molar-refractivity contribution in [2.24, 2.45) is 0 Å². The molecule has 3 rings (SSSR count). The maximum absolute atomic E-state index is 5.46. The van der Waals surface area contributed by atoms with Crippen molar-refractivity contribution in [1.29, 1.82) is 0 Å². The van der Waals surface area contributed by atoms with Gasteiger partial charge in [-0.15, -0.1) is 23.7 Å². The maximum Gasteiger partial charge on any atom is 0.113 e. The molecule has 2 heterocycles. The summed E-state index contributed by atoms with van der Waals surface area (Å²) in [5, 5.41) is 6.65. The van der Waals surface area contributed by atoms with Crippen molar-refractivity contribution in [2.45, 2.75) is 6.04 Å². The fourth-order valence-corrected chi connectivity index (χ4v) is 2.80. The van der Waals surface area contributed by atoms with Gasteiger partial charge in [0.15, 0.2) is 0 Å². The summed E-state index contributed by atoms with van der Waals surface area (Å²) in [7, 11) is 0. The van der Waals surface area contributed by atoms with Crippen molar-refractivity contribution in [3.63, 3.8) is 0 Å². The molecule has 0 spiro atoms. The lowest BCUT2D eigenvalue weighted by Crippen LogP contribution is -2.34. The zero-order valence-corrected chi connectivity index (χ0v) is 11.5. The molecule has 96 valence electrons. The highest BCUT2D eigenvalue weighted by Gasteiger charge is 2.18.